The molecular weight excluding hydrogens is 294 g/mol. The third-order valence-electron chi connectivity index (χ3n) is 2.43. The van der Waals surface area contributed by atoms with Crippen LogP contribution in [0.5, 0.6) is 0 Å². The molecule has 0 unspecified atom stereocenters. The van der Waals surface area contributed by atoms with Gasteiger partial charge in [-0.25, -0.2) is 9.48 Å². The normalized spacial score (nSPS) is 10.7. The molecule has 0 atom stereocenters. The fourth-order valence-electron chi connectivity index (χ4n) is 1.37. The number of nitrogens with two attached hydrogens (primary N) is 1. The van der Waals surface area contributed by atoms with Crippen LogP contribution < -0.4 is 16.4 Å². The van der Waals surface area contributed by atoms with Crippen LogP contribution in [0.3, 0.4) is 0 Å². The van der Waals surface area contributed by atoms with Crippen molar-refractivity contribution >= 4 is 23.7 Å². The molecule has 1 aromatic heterocycles. The van der Waals surface area contributed by atoms with E-state index in [4.69, 9.17) is 5.73 Å². The molecule has 0 saturated heterocycles. The summed E-state index contributed by atoms with van der Waals surface area (Å²) in [5.41, 5.74) is 5.42. The van der Waals surface area contributed by atoms with Gasteiger partial charge in [0, 0.05) is 13.1 Å². The third-order valence-corrected chi connectivity index (χ3v) is 3.39. The molecule has 0 fully saturated rings. The molecular formula is C11H21N7O2S. The van der Waals surface area contributed by atoms with Crippen LogP contribution in [0.25, 0.3) is 0 Å². The molecule has 1 heterocycles. The summed E-state index contributed by atoms with van der Waals surface area (Å²) in [4.78, 5) is 23.1. The van der Waals surface area contributed by atoms with E-state index in [0.717, 1.165) is 18.2 Å². The average Bonchev–Trinajstić information content (AvgIpc) is 2.84. The van der Waals surface area contributed by atoms with E-state index in [1.165, 1.54) is 4.68 Å². The lowest BCUT2D eigenvalue weighted by molar-refractivity contribution is -0.117. The quantitative estimate of drug-likeness (QED) is 0.557. The van der Waals surface area contributed by atoms with Crippen molar-refractivity contribution < 1.29 is 9.59 Å². The number of imide groups is 1. The molecule has 0 aliphatic carbocycles. The van der Waals surface area contributed by atoms with Gasteiger partial charge in [0.25, 0.3) is 0 Å². The first-order valence-corrected chi connectivity index (χ1v) is 7.68. The van der Waals surface area contributed by atoms with E-state index in [1.54, 1.807) is 0 Å². The van der Waals surface area contributed by atoms with E-state index in [2.05, 4.69) is 40.0 Å². The Balaban J connectivity index is 2.27. The Morgan fingerprint density at radius 2 is 2.19 bits per heavy atom. The van der Waals surface area contributed by atoms with Crippen molar-refractivity contribution in [2.24, 2.45) is 11.7 Å². The molecule has 118 valence electrons. The molecule has 0 bridgehead atoms. The van der Waals surface area contributed by atoms with E-state index in [-0.39, 0.29) is 5.75 Å². The Labute approximate surface area is 127 Å². The summed E-state index contributed by atoms with van der Waals surface area (Å²) in [7, 11) is 0. The molecule has 0 spiro atoms. The monoisotopic (exact) mass is 315 g/mol. The number of amides is 3. The number of thioether (sulfide) groups is 1. The van der Waals surface area contributed by atoms with Crippen molar-refractivity contribution in [3.8, 4) is 0 Å². The molecule has 4 N–H and O–H groups in total. The van der Waals surface area contributed by atoms with Crippen LogP contribution in [0.4, 0.5) is 4.79 Å². The Bertz CT molecular complexity index is 463. The summed E-state index contributed by atoms with van der Waals surface area (Å²) in [6.07, 6.45) is 0.865. The summed E-state index contributed by atoms with van der Waals surface area (Å²) in [5, 5.41) is 16.4. The Morgan fingerprint density at radius 3 is 2.86 bits per heavy atom. The van der Waals surface area contributed by atoms with Gasteiger partial charge in [0.2, 0.25) is 11.1 Å². The van der Waals surface area contributed by atoms with Crippen LogP contribution in [0.2, 0.25) is 0 Å². The molecule has 10 heteroatoms. The maximum absolute atomic E-state index is 11.6. The van der Waals surface area contributed by atoms with Gasteiger partial charge < -0.3 is 11.1 Å². The van der Waals surface area contributed by atoms with Gasteiger partial charge >= 0.3 is 6.03 Å². The lowest BCUT2D eigenvalue weighted by Crippen LogP contribution is -2.40. The van der Waals surface area contributed by atoms with Crippen molar-refractivity contribution in [2.75, 3.05) is 18.8 Å². The number of nitrogens with one attached hydrogen (secondary N) is 2. The maximum atomic E-state index is 11.6. The van der Waals surface area contributed by atoms with Gasteiger partial charge in [0.1, 0.15) is 0 Å². The highest BCUT2D eigenvalue weighted by atomic mass is 32.2. The van der Waals surface area contributed by atoms with Gasteiger partial charge in [-0.15, -0.1) is 5.10 Å². The Kier molecular flexibility index (Phi) is 7.69. The number of urea groups is 1. The molecule has 0 aliphatic heterocycles. The zero-order valence-electron chi connectivity index (χ0n) is 12.2. The highest BCUT2D eigenvalue weighted by Gasteiger charge is 2.11. The van der Waals surface area contributed by atoms with Crippen LogP contribution in [0.15, 0.2) is 5.16 Å². The molecule has 0 aliphatic rings. The predicted octanol–water partition coefficient (Wildman–Crippen LogP) is -0.404. The van der Waals surface area contributed by atoms with Gasteiger partial charge in [-0.1, -0.05) is 25.6 Å². The summed E-state index contributed by atoms with van der Waals surface area (Å²) in [6, 6.07) is -0.484. The second kappa shape index (κ2) is 9.29. The topological polar surface area (TPSA) is 128 Å². The van der Waals surface area contributed by atoms with Crippen molar-refractivity contribution in [3.63, 3.8) is 0 Å². The molecule has 0 saturated carbocycles. The minimum atomic E-state index is -0.484. The molecule has 0 aromatic carbocycles. The average molecular weight is 315 g/mol. The van der Waals surface area contributed by atoms with Gasteiger partial charge in [-0.3, -0.25) is 10.1 Å². The second-order valence-corrected chi connectivity index (χ2v) is 5.69. The van der Waals surface area contributed by atoms with Crippen LogP contribution in [-0.4, -0.2) is 51.0 Å². The lowest BCUT2D eigenvalue weighted by atomic mass is 10.1. The largest absolute Gasteiger partial charge is 0.338 e. The SMILES string of the molecule is CC(C)CCNC(=O)NC(=O)CSc1nnnn1CCN. The number of tetrazole rings is 1. The van der Waals surface area contributed by atoms with Gasteiger partial charge in [-0.05, 0) is 22.8 Å². The number of rotatable bonds is 8. The fourth-order valence-corrected chi connectivity index (χ4v) is 2.08. The number of nitrogens with zero attached hydrogens (tertiary/aromatic N) is 4. The first-order valence-electron chi connectivity index (χ1n) is 6.69. The molecule has 9 nitrogen and oxygen atoms in total. The first-order chi connectivity index (χ1) is 10.0. The van der Waals surface area contributed by atoms with Crippen molar-refractivity contribution in [1.29, 1.82) is 0 Å². The highest BCUT2D eigenvalue weighted by molar-refractivity contribution is 7.99. The number of carbonyl (C=O) groups excluding carboxylic acids is 2. The van der Waals surface area contributed by atoms with Crippen molar-refractivity contribution in [2.45, 2.75) is 32.0 Å². The van der Waals surface area contributed by atoms with E-state index in [1.807, 2.05) is 0 Å². The minimum absolute atomic E-state index is 0.0581. The van der Waals surface area contributed by atoms with Gasteiger partial charge in [-0.2, -0.15) is 0 Å². The number of aromatic nitrogens is 4. The second-order valence-electron chi connectivity index (χ2n) is 4.75. The molecule has 1 aromatic rings. The summed E-state index contributed by atoms with van der Waals surface area (Å²) >= 11 is 1.15. The first kappa shape index (κ1) is 17.4. The number of hydrogen-bond donors (Lipinski definition) is 3. The molecule has 3 amide bonds. The smallest absolute Gasteiger partial charge is 0.321 e. The van der Waals surface area contributed by atoms with E-state index in [9.17, 15) is 9.59 Å². The molecule has 21 heavy (non-hydrogen) atoms. The summed E-state index contributed by atoms with van der Waals surface area (Å²) < 4.78 is 1.51. The van der Waals surface area contributed by atoms with Crippen molar-refractivity contribution in [3.05, 3.63) is 0 Å². The fraction of sp³-hybridized carbons (Fsp3) is 0.727. The zero-order chi connectivity index (χ0) is 15.7. The molecule has 1 rings (SSSR count). The van der Waals surface area contributed by atoms with E-state index < -0.39 is 11.9 Å². The highest BCUT2D eigenvalue weighted by Crippen LogP contribution is 2.12. The standard InChI is InChI=1S/C11H21N7O2S/c1-8(2)3-5-13-10(20)14-9(19)7-21-11-15-16-17-18(11)6-4-12/h8H,3-7,12H2,1-2H3,(H2,13,14,19,20). The third kappa shape index (κ3) is 7.04. The van der Waals surface area contributed by atoms with Crippen LogP contribution in [0.1, 0.15) is 20.3 Å². The van der Waals surface area contributed by atoms with E-state index >= 15 is 0 Å². The Morgan fingerprint density at radius 1 is 1.43 bits per heavy atom. The number of carbonyl (C=O) groups is 2. The predicted molar refractivity (Wildman–Crippen MR) is 78.6 cm³/mol. The summed E-state index contributed by atoms with van der Waals surface area (Å²) in [5.74, 6) is 0.157. The van der Waals surface area contributed by atoms with Crippen LogP contribution >= 0.6 is 11.8 Å². The van der Waals surface area contributed by atoms with Crippen LogP contribution in [-0.2, 0) is 11.3 Å². The van der Waals surface area contributed by atoms with Crippen molar-refractivity contribution in [1.82, 2.24) is 30.8 Å². The van der Waals surface area contributed by atoms with Gasteiger partial charge in [0.15, 0.2) is 0 Å². The number of hydrogen-bond acceptors (Lipinski definition) is 7. The summed E-state index contributed by atoms with van der Waals surface area (Å²) in [6.45, 7) is 5.55. The van der Waals surface area contributed by atoms with E-state index in [0.29, 0.717) is 30.7 Å². The zero-order valence-corrected chi connectivity index (χ0v) is 13.0. The van der Waals surface area contributed by atoms with Gasteiger partial charge in [0.05, 0.1) is 12.3 Å². The minimum Gasteiger partial charge on any atom is -0.338 e. The molecule has 0 radical (unpaired) electrons. The van der Waals surface area contributed by atoms with Crippen LogP contribution in [0, 0.1) is 5.92 Å². The lowest BCUT2D eigenvalue weighted by Gasteiger charge is -2.08. The maximum Gasteiger partial charge on any atom is 0.321 e. The Hall–Kier alpha value is -1.68.